The highest BCUT2D eigenvalue weighted by Gasteiger charge is 2.01. The van der Waals surface area contributed by atoms with E-state index in [0.717, 1.165) is 15.7 Å². The lowest BCUT2D eigenvalue weighted by atomic mass is 10.4. The summed E-state index contributed by atoms with van der Waals surface area (Å²) in [6.07, 6.45) is 0.506. The van der Waals surface area contributed by atoms with E-state index in [1.807, 2.05) is 17.5 Å². The third kappa shape index (κ3) is 2.36. The predicted octanol–water partition coefficient (Wildman–Crippen LogP) is 2.40. The van der Waals surface area contributed by atoms with Crippen LogP contribution in [0.5, 0.6) is 0 Å². The van der Waals surface area contributed by atoms with Crippen molar-refractivity contribution in [1.82, 2.24) is 0 Å². The minimum absolute atomic E-state index is 0.103. The number of carbonyl (C=O) groups is 1. The molecule has 0 atom stereocenters. The number of hydrogen-bond donors (Lipinski definition) is 1. The molecule has 0 spiro atoms. The van der Waals surface area contributed by atoms with Crippen molar-refractivity contribution in [1.29, 1.82) is 0 Å². The Kier molecular flexibility index (Phi) is 3.31. The van der Waals surface area contributed by atoms with Gasteiger partial charge in [-0.2, -0.15) is 0 Å². The lowest BCUT2D eigenvalue weighted by molar-refractivity contribution is -0.110. The van der Waals surface area contributed by atoms with Crippen LogP contribution in [0.25, 0.3) is 0 Å². The highest BCUT2D eigenvalue weighted by atomic mass is 33.1. The Morgan fingerprint density at radius 3 is 3.10 bits per heavy atom. The molecular weight excluding hydrogens is 184 g/mol. The van der Waals surface area contributed by atoms with Crippen molar-refractivity contribution >= 4 is 38.9 Å². The van der Waals surface area contributed by atoms with E-state index >= 15 is 0 Å². The van der Waals surface area contributed by atoms with E-state index in [0.29, 0.717) is 6.42 Å². The Morgan fingerprint density at radius 2 is 2.60 bits per heavy atom. The fourth-order valence-electron chi connectivity index (χ4n) is 0.588. The molecular formula is C6H6OS3. The largest absolute Gasteiger partial charge is 0.286 e. The summed E-state index contributed by atoms with van der Waals surface area (Å²) in [5.74, 6) is 0. The van der Waals surface area contributed by atoms with E-state index in [1.54, 1.807) is 11.3 Å². The van der Waals surface area contributed by atoms with Crippen LogP contribution < -0.4 is 0 Å². The van der Waals surface area contributed by atoms with Gasteiger partial charge in [0, 0.05) is 4.88 Å². The molecule has 0 fully saturated rings. The van der Waals surface area contributed by atoms with Crippen LogP contribution in [-0.4, -0.2) is 5.12 Å². The monoisotopic (exact) mass is 190 g/mol. The summed E-state index contributed by atoms with van der Waals surface area (Å²) < 4.78 is 0. The molecule has 0 saturated carbocycles. The van der Waals surface area contributed by atoms with Crippen molar-refractivity contribution in [2.45, 2.75) is 6.42 Å². The molecule has 0 N–H and O–H groups in total. The molecule has 4 heteroatoms. The Balaban J connectivity index is 2.48. The molecule has 0 radical (unpaired) electrons. The maximum Gasteiger partial charge on any atom is 0.204 e. The van der Waals surface area contributed by atoms with Gasteiger partial charge in [-0.3, -0.25) is 4.79 Å². The van der Waals surface area contributed by atoms with Gasteiger partial charge in [-0.25, -0.2) is 0 Å². The molecule has 0 aromatic carbocycles. The van der Waals surface area contributed by atoms with E-state index in [1.165, 1.54) is 0 Å². The van der Waals surface area contributed by atoms with Gasteiger partial charge in [-0.05, 0) is 22.2 Å². The molecule has 1 aromatic heterocycles. The lowest BCUT2D eigenvalue weighted by Gasteiger charge is -1.89. The predicted molar refractivity (Wildman–Crippen MR) is 49.6 cm³/mol. The molecule has 1 rings (SSSR count). The average Bonchev–Trinajstić information content (AvgIpc) is 2.40. The van der Waals surface area contributed by atoms with Crippen molar-refractivity contribution in [3.8, 4) is 0 Å². The summed E-state index contributed by atoms with van der Waals surface area (Å²) in [5, 5.41) is 2.07. The highest BCUT2D eigenvalue weighted by Crippen LogP contribution is 2.15. The molecule has 1 nitrogen and oxygen atoms in total. The molecule has 0 aliphatic heterocycles. The van der Waals surface area contributed by atoms with Crippen LogP contribution >= 0.6 is 33.8 Å². The van der Waals surface area contributed by atoms with Gasteiger partial charge in [-0.15, -0.1) is 23.0 Å². The summed E-state index contributed by atoms with van der Waals surface area (Å²) in [5.41, 5.74) is 0. The van der Waals surface area contributed by atoms with Gasteiger partial charge in [-0.1, -0.05) is 6.07 Å². The second-order valence-corrected chi connectivity index (χ2v) is 3.94. The molecule has 1 aromatic rings. The van der Waals surface area contributed by atoms with Crippen molar-refractivity contribution in [2.24, 2.45) is 0 Å². The molecule has 1 heterocycles. The van der Waals surface area contributed by atoms with Crippen LogP contribution in [0.15, 0.2) is 17.5 Å². The van der Waals surface area contributed by atoms with E-state index < -0.39 is 0 Å². The van der Waals surface area contributed by atoms with Crippen molar-refractivity contribution in [3.05, 3.63) is 22.4 Å². The summed E-state index contributed by atoms with van der Waals surface area (Å²) in [4.78, 5) is 11.9. The first-order valence-corrected chi connectivity index (χ1v) is 5.44. The lowest BCUT2D eigenvalue weighted by Crippen LogP contribution is -1.91. The van der Waals surface area contributed by atoms with E-state index in [9.17, 15) is 4.79 Å². The highest BCUT2D eigenvalue weighted by molar-refractivity contribution is 8.74. The smallest absolute Gasteiger partial charge is 0.204 e. The van der Waals surface area contributed by atoms with Crippen LogP contribution in [0.2, 0.25) is 0 Å². The summed E-state index contributed by atoms with van der Waals surface area (Å²) in [6.45, 7) is 0. The van der Waals surface area contributed by atoms with Gasteiger partial charge in [0.2, 0.25) is 5.12 Å². The third-order valence-electron chi connectivity index (χ3n) is 1.00. The van der Waals surface area contributed by atoms with E-state index in [2.05, 4.69) is 11.7 Å². The molecule has 0 bridgehead atoms. The SMILES string of the molecule is O=C(Cc1cccs1)SS. The van der Waals surface area contributed by atoms with Crippen LogP contribution in [0.3, 0.4) is 0 Å². The number of rotatable bonds is 2. The number of hydrogen-bond acceptors (Lipinski definition) is 4. The number of thiol groups is 1. The van der Waals surface area contributed by atoms with Gasteiger partial charge < -0.3 is 0 Å². The second-order valence-electron chi connectivity index (χ2n) is 1.72. The first-order chi connectivity index (χ1) is 4.83. The van der Waals surface area contributed by atoms with Crippen LogP contribution in [0.1, 0.15) is 4.88 Å². The fourth-order valence-corrected chi connectivity index (χ4v) is 1.80. The second kappa shape index (κ2) is 4.05. The molecule has 0 aliphatic rings. The van der Waals surface area contributed by atoms with Gasteiger partial charge in [0.1, 0.15) is 0 Å². The van der Waals surface area contributed by atoms with Crippen molar-refractivity contribution in [3.63, 3.8) is 0 Å². The van der Waals surface area contributed by atoms with Crippen LogP contribution in [0, 0.1) is 0 Å². The number of carbonyl (C=O) groups excluding carboxylic acids is 1. The first kappa shape index (κ1) is 8.17. The molecule has 0 aliphatic carbocycles. The summed E-state index contributed by atoms with van der Waals surface area (Å²) in [7, 11) is 0.985. The minimum atomic E-state index is 0.103. The zero-order chi connectivity index (χ0) is 7.40. The fraction of sp³-hybridized carbons (Fsp3) is 0.167. The van der Waals surface area contributed by atoms with E-state index in [-0.39, 0.29) is 5.12 Å². The van der Waals surface area contributed by atoms with Gasteiger partial charge in [0.25, 0.3) is 0 Å². The zero-order valence-electron chi connectivity index (χ0n) is 5.11. The Morgan fingerprint density at radius 1 is 1.80 bits per heavy atom. The maximum absolute atomic E-state index is 10.8. The third-order valence-corrected chi connectivity index (χ3v) is 2.84. The molecule has 0 saturated heterocycles. The quantitative estimate of drug-likeness (QED) is 0.570. The molecule has 10 heavy (non-hydrogen) atoms. The molecule has 0 unspecified atom stereocenters. The average molecular weight is 190 g/mol. The van der Waals surface area contributed by atoms with Crippen molar-refractivity contribution < 1.29 is 4.79 Å². The van der Waals surface area contributed by atoms with Crippen LogP contribution in [0.4, 0.5) is 0 Å². The Labute approximate surface area is 72.6 Å². The van der Waals surface area contributed by atoms with E-state index in [4.69, 9.17) is 0 Å². The summed E-state index contributed by atoms with van der Waals surface area (Å²) in [6, 6.07) is 3.89. The standard InChI is InChI=1S/C6H6OS3/c7-6(10-8)4-5-2-1-3-9-5/h1-3,8H,4H2. The zero-order valence-corrected chi connectivity index (χ0v) is 7.64. The topological polar surface area (TPSA) is 17.1 Å². The normalized spacial score (nSPS) is 9.70. The van der Waals surface area contributed by atoms with Crippen molar-refractivity contribution in [2.75, 3.05) is 0 Å². The van der Waals surface area contributed by atoms with Gasteiger partial charge >= 0.3 is 0 Å². The first-order valence-electron chi connectivity index (χ1n) is 2.69. The summed E-state index contributed by atoms with van der Waals surface area (Å²) >= 11 is 5.40. The maximum atomic E-state index is 10.8. The molecule has 54 valence electrons. The Bertz CT molecular complexity index is 205. The van der Waals surface area contributed by atoms with Gasteiger partial charge in [0.05, 0.1) is 6.42 Å². The minimum Gasteiger partial charge on any atom is -0.286 e. The van der Waals surface area contributed by atoms with Gasteiger partial charge in [0.15, 0.2) is 0 Å². The molecule has 0 amide bonds. The number of thiophene rings is 1. The van der Waals surface area contributed by atoms with Crippen LogP contribution in [-0.2, 0) is 11.2 Å². The Hall–Kier alpha value is 0.0700.